The molecule has 0 bridgehead atoms. The van der Waals surface area contributed by atoms with E-state index in [4.69, 9.17) is 9.47 Å². The highest BCUT2D eigenvalue weighted by Gasteiger charge is 2.19. The third-order valence-electron chi connectivity index (χ3n) is 5.79. The molecular formula is C27H28N2O3. The molecule has 1 atom stereocenters. The van der Waals surface area contributed by atoms with Crippen LogP contribution in [0.1, 0.15) is 29.0 Å². The minimum absolute atomic E-state index is 0.0283. The minimum atomic E-state index is 0.0283. The summed E-state index contributed by atoms with van der Waals surface area (Å²) in [4.78, 5) is 16.0. The number of amides is 1. The Morgan fingerprint density at radius 1 is 0.938 bits per heavy atom. The molecule has 3 aromatic carbocycles. The van der Waals surface area contributed by atoms with Crippen LogP contribution in [0.25, 0.3) is 10.9 Å². The number of fused-ring (bicyclic) bond motifs is 1. The summed E-state index contributed by atoms with van der Waals surface area (Å²) in [5, 5.41) is 4.33. The van der Waals surface area contributed by atoms with Gasteiger partial charge in [0.25, 0.3) is 0 Å². The first-order valence-electron chi connectivity index (χ1n) is 10.8. The zero-order valence-corrected chi connectivity index (χ0v) is 18.4. The first-order valence-corrected chi connectivity index (χ1v) is 10.8. The molecule has 1 heterocycles. The second-order valence-corrected chi connectivity index (χ2v) is 7.75. The minimum Gasteiger partial charge on any atom is -0.493 e. The Kier molecular flexibility index (Phi) is 6.75. The molecule has 0 saturated carbocycles. The summed E-state index contributed by atoms with van der Waals surface area (Å²) in [6.07, 6.45) is 3.10. The third kappa shape index (κ3) is 4.78. The van der Waals surface area contributed by atoms with Gasteiger partial charge in [0.15, 0.2) is 11.5 Å². The molecule has 164 valence electrons. The molecule has 0 fully saturated rings. The lowest BCUT2D eigenvalue weighted by Gasteiger charge is -2.18. The third-order valence-corrected chi connectivity index (χ3v) is 5.79. The summed E-state index contributed by atoms with van der Waals surface area (Å²) in [6, 6.07) is 24.3. The SMILES string of the molecule is COc1ccc(CCC(=O)NCC(c2ccccc2)c2c[nH]c3ccccc23)cc1OC. The zero-order chi connectivity index (χ0) is 22.3. The maximum Gasteiger partial charge on any atom is 0.220 e. The van der Waals surface area contributed by atoms with Crippen molar-refractivity contribution >= 4 is 16.8 Å². The molecule has 0 spiro atoms. The maximum atomic E-state index is 12.7. The fourth-order valence-electron chi connectivity index (χ4n) is 4.07. The normalized spacial score (nSPS) is 11.8. The fraction of sp³-hybridized carbons (Fsp3) is 0.222. The van der Waals surface area contributed by atoms with E-state index < -0.39 is 0 Å². The summed E-state index contributed by atoms with van der Waals surface area (Å²) < 4.78 is 10.6. The van der Waals surface area contributed by atoms with E-state index in [1.165, 1.54) is 16.5 Å². The second kappa shape index (κ2) is 10.1. The van der Waals surface area contributed by atoms with Crippen LogP contribution in [0.5, 0.6) is 11.5 Å². The first kappa shape index (κ1) is 21.5. The number of aromatic nitrogens is 1. The zero-order valence-electron chi connectivity index (χ0n) is 18.4. The molecule has 2 N–H and O–H groups in total. The van der Waals surface area contributed by atoms with Gasteiger partial charge in [0.2, 0.25) is 5.91 Å². The molecule has 1 unspecified atom stereocenters. The number of rotatable bonds is 9. The van der Waals surface area contributed by atoms with Gasteiger partial charge in [-0.15, -0.1) is 0 Å². The number of aromatic amines is 1. The molecule has 4 rings (SSSR count). The molecule has 4 aromatic rings. The fourth-order valence-corrected chi connectivity index (χ4v) is 4.07. The van der Waals surface area contributed by atoms with Crippen molar-refractivity contribution in [1.29, 1.82) is 0 Å². The van der Waals surface area contributed by atoms with Gasteiger partial charge in [-0.25, -0.2) is 0 Å². The van der Waals surface area contributed by atoms with E-state index in [-0.39, 0.29) is 11.8 Å². The Labute approximate surface area is 188 Å². The van der Waals surface area contributed by atoms with Crippen LogP contribution in [-0.2, 0) is 11.2 Å². The number of aryl methyl sites for hydroxylation is 1. The van der Waals surface area contributed by atoms with Crippen LogP contribution in [0, 0.1) is 0 Å². The van der Waals surface area contributed by atoms with Crippen molar-refractivity contribution in [2.24, 2.45) is 0 Å². The lowest BCUT2D eigenvalue weighted by atomic mass is 9.91. The Bertz CT molecular complexity index is 1180. The summed E-state index contributed by atoms with van der Waals surface area (Å²) in [5.41, 5.74) is 4.50. The number of carbonyl (C=O) groups is 1. The Morgan fingerprint density at radius 2 is 1.69 bits per heavy atom. The Morgan fingerprint density at radius 3 is 2.47 bits per heavy atom. The van der Waals surface area contributed by atoms with Gasteiger partial charge in [0.05, 0.1) is 14.2 Å². The van der Waals surface area contributed by atoms with Crippen molar-refractivity contribution in [3.63, 3.8) is 0 Å². The number of nitrogens with one attached hydrogen (secondary N) is 2. The Balaban J connectivity index is 1.45. The van der Waals surface area contributed by atoms with Gasteiger partial charge >= 0.3 is 0 Å². The summed E-state index contributed by atoms with van der Waals surface area (Å²) in [5.74, 6) is 1.46. The van der Waals surface area contributed by atoms with Crippen molar-refractivity contribution in [2.75, 3.05) is 20.8 Å². The van der Waals surface area contributed by atoms with Gasteiger partial charge < -0.3 is 19.8 Å². The van der Waals surface area contributed by atoms with Gasteiger partial charge in [-0.1, -0.05) is 54.6 Å². The first-order chi connectivity index (χ1) is 15.7. The lowest BCUT2D eigenvalue weighted by Crippen LogP contribution is -2.29. The number of ether oxygens (including phenoxy) is 2. The van der Waals surface area contributed by atoms with E-state index in [2.05, 4.69) is 40.8 Å². The summed E-state index contributed by atoms with van der Waals surface area (Å²) in [7, 11) is 3.23. The van der Waals surface area contributed by atoms with Gasteiger partial charge in [0, 0.05) is 36.0 Å². The summed E-state index contributed by atoms with van der Waals surface area (Å²) >= 11 is 0. The lowest BCUT2D eigenvalue weighted by molar-refractivity contribution is -0.121. The van der Waals surface area contributed by atoms with Crippen LogP contribution in [0.2, 0.25) is 0 Å². The highest BCUT2D eigenvalue weighted by atomic mass is 16.5. The highest BCUT2D eigenvalue weighted by molar-refractivity contribution is 5.84. The van der Waals surface area contributed by atoms with Gasteiger partial charge in [-0.2, -0.15) is 0 Å². The van der Waals surface area contributed by atoms with Crippen LogP contribution in [-0.4, -0.2) is 31.7 Å². The van der Waals surface area contributed by atoms with E-state index in [9.17, 15) is 4.79 Å². The van der Waals surface area contributed by atoms with E-state index in [0.717, 1.165) is 11.1 Å². The monoisotopic (exact) mass is 428 g/mol. The van der Waals surface area contributed by atoms with Gasteiger partial charge in [-0.05, 0) is 41.3 Å². The molecular weight excluding hydrogens is 400 g/mol. The maximum absolute atomic E-state index is 12.7. The van der Waals surface area contributed by atoms with Crippen molar-refractivity contribution in [2.45, 2.75) is 18.8 Å². The van der Waals surface area contributed by atoms with Crippen LogP contribution < -0.4 is 14.8 Å². The predicted octanol–water partition coefficient (Wildman–Crippen LogP) is 5.07. The average molecular weight is 429 g/mol. The summed E-state index contributed by atoms with van der Waals surface area (Å²) in [6.45, 7) is 0.538. The van der Waals surface area contributed by atoms with Crippen molar-refractivity contribution in [3.05, 3.63) is 95.7 Å². The standard InChI is InChI=1S/C27H28N2O3/c1-31-25-14-12-19(16-26(25)32-2)13-15-27(30)29-17-22(20-8-4-3-5-9-20)23-18-28-24-11-7-6-10-21(23)24/h3-12,14,16,18,22,28H,13,15,17H2,1-2H3,(H,29,30). The van der Waals surface area contributed by atoms with Gasteiger partial charge in [-0.3, -0.25) is 4.79 Å². The molecule has 0 aliphatic heterocycles. The van der Waals surface area contributed by atoms with E-state index in [1.54, 1.807) is 14.2 Å². The van der Waals surface area contributed by atoms with Crippen LogP contribution in [0.4, 0.5) is 0 Å². The molecule has 0 saturated heterocycles. The van der Waals surface area contributed by atoms with Crippen molar-refractivity contribution in [3.8, 4) is 11.5 Å². The number of carbonyl (C=O) groups excluding carboxylic acids is 1. The average Bonchev–Trinajstić information content (AvgIpc) is 3.27. The molecule has 0 aliphatic rings. The predicted molar refractivity (Wildman–Crippen MR) is 127 cm³/mol. The molecule has 0 radical (unpaired) electrons. The number of H-pyrrole nitrogens is 1. The largest absolute Gasteiger partial charge is 0.493 e. The quantitative estimate of drug-likeness (QED) is 0.391. The number of benzene rings is 3. The number of hydrogen-bond donors (Lipinski definition) is 2. The molecule has 1 aromatic heterocycles. The second-order valence-electron chi connectivity index (χ2n) is 7.75. The van der Waals surface area contributed by atoms with Crippen LogP contribution in [0.15, 0.2) is 79.0 Å². The molecule has 5 nitrogen and oxygen atoms in total. The molecule has 5 heteroatoms. The van der Waals surface area contributed by atoms with Crippen LogP contribution >= 0.6 is 0 Å². The van der Waals surface area contributed by atoms with E-state index in [1.807, 2.05) is 48.5 Å². The number of hydrogen-bond acceptors (Lipinski definition) is 3. The molecule has 32 heavy (non-hydrogen) atoms. The van der Waals surface area contributed by atoms with E-state index >= 15 is 0 Å². The topological polar surface area (TPSA) is 63.3 Å². The Hall–Kier alpha value is -3.73. The van der Waals surface area contributed by atoms with E-state index in [0.29, 0.717) is 30.9 Å². The number of methoxy groups -OCH3 is 2. The highest BCUT2D eigenvalue weighted by Crippen LogP contribution is 2.31. The van der Waals surface area contributed by atoms with Crippen molar-refractivity contribution < 1.29 is 14.3 Å². The van der Waals surface area contributed by atoms with Crippen molar-refractivity contribution in [1.82, 2.24) is 10.3 Å². The number of para-hydroxylation sites is 1. The smallest absolute Gasteiger partial charge is 0.220 e. The van der Waals surface area contributed by atoms with Crippen LogP contribution in [0.3, 0.4) is 0 Å². The molecule has 0 aliphatic carbocycles. The molecule has 1 amide bonds. The van der Waals surface area contributed by atoms with Gasteiger partial charge in [0.1, 0.15) is 0 Å².